The molecule has 0 aliphatic rings. The van der Waals surface area contributed by atoms with Crippen LogP contribution < -0.4 is 0 Å². The van der Waals surface area contributed by atoms with Crippen molar-refractivity contribution in [2.75, 3.05) is 5.88 Å². The summed E-state index contributed by atoms with van der Waals surface area (Å²) in [4.78, 5) is 11.0. The minimum absolute atomic E-state index is 0.212. The fourth-order valence-corrected chi connectivity index (χ4v) is 1.12. The second-order valence-electron chi connectivity index (χ2n) is 2.60. The van der Waals surface area contributed by atoms with E-state index in [0.717, 1.165) is 12.8 Å². The van der Waals surface area contributed by atoms with E-state index in [1.165, 1.54) is 0 Å². The summed E-state index contributed by atoms with van der Waals surface area (Å²) >= 11 is 5.42. The van der Waals surface area contributed by atoms with E-state index in [-0.39, 0.29) is 5.92 Å². The highest BCUT2D eigenvalue weighted by atomic mass is 35.5. The molecule has 1 atom stereocenters. The minimum atomic E-state index is 0.212. The molecule has 0 fully saturated rings. The molecular formula is C8H15ClO. The molecule has 0 aromatic carbocycles. The molecule has 1 unspecified atom stereocenters. The Bertz CT molecular complexity index is 101. The van der Waals surface area contributed by atoms with Gasteiger partial charge in [0.1, 0.15) is 5.78 Å². The van der Waals surface area contributed by atoms with E-state index < -0.39 is 0 Å². The van der Waals surface area contributed by atoms with Gasteiger partial charge in [-0.2, -0.15) is 0 Å². The van der Waals surface area contributed by atoms with Crippen LogP contribution in [0.1, 0.15) is 33.1 Å². The number of alkyl halides is 1. The van der Waals surface area contributed by atoms with E-state index in [0.29, 0.717) is 18.1 Å². The molecule has 0 bridgehead atoms. The van der Waals surface area contributed by atoms with E-state index in [1.807, 2.05) is 6.92 Å². The SMILES string of the molecule is CCCC(C)C(=O)CCCl. The summed E-state index contributed by atoms with van der Waals surface area (Å²) < 4.78 is 0. The fraction of sp³-hybridized carbons (Fsp3) is 0.875. The van der Waals surface area contributed by atoms with Crippen LogP contribution in [0.3, 0.4) is 0 Å². The van der Waals surface area contributed by atoms with Crippen molar-refractivity contribution in [3.05, 3.63) is 0 Å². The molecule has 0 amide bonds. The topological polar surface area (TPSA) is 17.1 Å². The number of carbonyl (C=O) groups is 1. The minimum Gasteiger partial charge on any atom is -0.299 e. The first-order chi connectivity index (χ1) is 4.72. The Balaban J connectivity index is 3.49. The zero-order valence-corrected chi connectivity index (χ0v) is 7.45. The Morgan fingerprint density at radius 1 is 1.60 bits per heavy atom. The zero-order valence-electron chi connectivity index (χ0n) is 6.69. The average Bonchev–Trinajstić information content (AvgIpc) is 1.89. The van der Waals surface area contributed by atoms with Crippen LogP contribution in [0.4, 0.5) is 0 Å². The van der Waals surface area contributed by atoms with Gasteiger partial charge < -0.3 is 0 Å². The highest BCUT2D eigenvalue weighted by Crippen LogP contribution is 2.08. The largest absolute Gasteiger partial charge is 0.299 e. The number of carbonyl (C=O) groups excluding carboxylic acids is 1. The summed E-state index contributed by atoms with van der Waals surface area (Å²) in [5.41, 5.74) is 0. The maximum atomic E-state index is 11.0. The normalized spacial score (nSPS) is 13.1. The van der Waals surface area contributed by atoms with E-state index >= 15 is 0 Å². The maximum Gasteiger partial charge on any atom is 0.136 e. The Morgan fingerprint density at radius 3 is 2.60 bits per heavy atom. The van der Waals surface area contributed by atoms with E-state index in [2.05, 4.69) is 6.92 Å². The molecule has 0 N–H and O–H groups in total. The average molecular weight is 163 g/mol. The van der Waals surface area contributed by atoms with E-state index in [1.54, 1.807) is 0 Å². The van der Waals surface area contributed by atoms with Crippen LogP contribution in [-0.4, -0.2) is 11.7 Å². The number of Topliss-reactive ketones (excluding diaryl/α,β-unsaturated/α-hetero) is 1. The molecule has 0 heterocycles. The highest BCUT2D eigenvalue weighted by molar-refractivity contribution is 6.19. The van der Waals surface area contributed by atoms with Crippen LogP contribution in [-0.2, 0) is 4.79 Å². The van der Waals surface area contributed by atoms with Crippen molar-refractivity contribution in [3.63, 3.8) is 0 Å². The molecule has 0 saturated heterocycles. The Morgan fingerprint density at radius 2 is 2.20 bits per heavy atom. The molecule has 0 saturated carbocycles. The van der Waals surface area contributed by atoms with Crippen LogP contribution in [0.2, 0.25) is 0 Å². The molecular weight excluding hydrogens is 148 g/mol. The maximum absolute atomic E-state index is 11.0. The van der Waals surface area contributed by atoms with Gasteiger partial charge in [0.05, 0.1) is 0 Å². The number of ketones is 1. The van der Waals surface area contributed by atoms with Crippen LogP contribution in [0.15, 0.2) is 0 Å². The molecule has 10 heavy (non-hydrogen) atoms. The summed E-state index contributed by atoms with van der Waals surface area (Å²) in [5, 5.41) is 0. The lowest BCUT2D eigenvalue weighted by atomic mass is 9.99. The van der Waals surface area contributed by atoms with Gasteiger partial charge in [-0.25, -0.2) is 0 Å². The van der Waals surface area contributed by atoms with E-state index in [4.69, 9.17) is 11.6 Å². The van der Waals surface area contributed by atoms with Gasteiger partial charge in [-0.1, -0.05) is 20.3 Å². The summed E-state index contributed by atoms with van der Waals surface area (Å²) in [6, 6.07) is 0. The molecule has 2 heteroatoms. The first-order valence-electron chi connectivity index (χ1n) is 3.81. The molecule has 60 valence electrons. The molecule has 1 nitrogen and oxygen atoms in total. The Labute approximate surface area is 67.8 Å². The number of hydrogen-bond acceptors (Lipinski definition) is 1. The van der Waals surface area contributed by atoms with Gasteiger partial charge in [0.15, 0.2) is 0 Å². The van der Waals surface area contributed by atoms with Gasteiger partial charge in [0.25, 0.3) is 0 Å². The first kappa shape index (κ1) is 9.96. The predicted octanol–water partition coefficient (Wildman–Crippen LogP) is 2.62. The van der Waals surface area contributed by atoms with Gasteiger partial charge in [-0.05, 0) is 6.42 Å². The summed E-state index contributed by atoms with van der Waals surface area (Å²) in [5.74, 6) is 0.980. The van der Waals surface area contributed by atoms with Crippen molar-refractivity contribution >= 4 is 17.4 Å². The number of halogens is 1. The van der Waals surface area contributed by atoms with Crippen LogP contribution in [0.5, 0.6) is 0 Å². The van der Waals surface area contributed by atoms with Crippen LogP contribution >= 0.6 is 11.6 Å². The number of rotatable bonds is 5. The lowest BCUT2D eigenvalue weighted by Gasteiger charge is -2.05. The van der Waals surface area contributed by atoms with Crippen LogP contribution in [0.25, 0.3) is 0 Å². The molecule has 0 spiro atoms. The standard InChI is InChI=1S/C8H15ClO/c1-3-4-7(2)8(10)5-6-9/h7H,3-6H2,1-2H3. The Hall–Kier alpha value is -0.0400. The summed E-state index contributed by atoms with van der Waals surface area (Å²) in [6.07, 6.45) is 2.60. The Kier molecular flexibility index (Phi) is 5.70. The summed E-state index contributed by atoms with van der Waals surface area (Å²) in [6.45, 7) is 4.06. The lowest BCUT2D eigenvalue weighted by Crippen LogP contribution is -2.10. The van der Waals surface area contributed by atoms with Crippen molar-refractivity contribution in [2.24, 2.45) is 5.92 Å². The van der Waals surface area contributed by atoms with Crippen molar-refractivity contribution in [2.45, 2.75) is 33.1 Å². The van der Waals surface area contributed by atoms with Gasteiger partial charge in [0, 0.05) is 18.2 Å². The van der Waals surface area contributed by atoms with Gasteiger partial charge >= 0.3 is 0 Å². The predicted molar refractivity (Wildman–Crippen MR) is 44.4 cm³/mol. The number of hydrogen-bond donors (Lipinski definition) is 0. The molecule has 0 aliphatic heterocycles. The second-order valence-corrected chi connectivity index (χ2v) is 2.97. The van der Waals surface area contributed by atoms with Gasteiger partial charge in [-0.3, -0.25) is 4.79 Å². The van der Waals surface area contributed by atoms with Crippen molar-refractivity contribution in [1.82, 2.24) is 0 Å². The smallest absolute Gasteiger partial charge is 0.136 e. The highest BCUT2D eigenvalue weighted by Gasteiger charge is 2.09. The third-order valence-corrected chi connectivity index (χ3v) is 1.80. The fourth-order valence-electron chi connectivity index (χ4n) is 0.934. The quantitative estimate of drug-likeness (QED) is 0.568. The zero-order chi connectivity index (χ0) is 7.98. The van der Waals surface area contributed by atoms with Crippen molar-refractivity contribution in [1.29, 1.82) is 0 Å². The van der Waals surface area contributed by atoms with E-state index in [9.17, 15) is 4.79 Å². The van der Waals surface area contributed by atoms with Crippen LogP contribution in [0, 0.1) is 5.92 Å². The van der Waals surface area contributed by atoms with Crippen molar-refractivity contribution in [3.8, 4) is 0 Å². The van der Waals surface area contributed by atoms with Gasteiger partial charge in [0.2, 0.25) is 0 Å². The molecule has 0 aliphatic carbocycles. The monoisotopic (exact) mass is 162 g/mol. The third kappa shape index (κ3) is 3.89. The third-order valence-electron chi connectivity index (χ3n) is 1.61. The van der Waals surface area contributed by atoms with Crippen molar-refractivity contribution < 1.29 is 4.79 Å². The summed E-state index contributed by atoms with van der Waals surface area (Å²) in [7, 11) is 0. The molecule has 0 aromatic rings. The first-order valence-corrected chi connectivity index (χ1v) is 4.34. The second kappa shape index (κ2) is 5.72. The molecule has 0 aromatic heterocycles. The lowest BCUT2D eigenvalue weighted by molar-refractivity contribution is -0.122. The van der Waals surface area contributed by atoms with Gasteiger partial charge in [-0.15, -0.1) is 11.6 Å². The molecule has 0 radical (unpaired) electrons. The molecule has 0 rings (SSSR count).